The zero-order chi connectivity index (χ0) is 14.8. The Balaban J connectivity index is 1.39. The van der Waals surface area contributed by atoms with E-state index in [1.165, 1.54) is 30.6 Å². The van der Waals surface area contributed by atoms with E-state index >= 15 is 0 Å². The second kappa shape index (κ2) is 6.44. The molecule has 2 saturated heterocycles. The Morgan fingerprint density at radius 1 is 1.33 bits per heavy atom. The summed E-state index contributed by atoms with van der Waals surface area (Å²) in [7, 11) is 0. The van der Waals surface area contributed by atoms with Gasteiger partial charge in [-0.2, -0.15) is 0 Å². The lowest BCUT2D eigenvalue weighted by molar-refractivity contribution is -0.122. The Kier molecular flexibility index (Phi) is 4.60. The molecule has 2 aliphatic rings. The van der Waals surface area contributed by atoms with Crippen LogP contribution in [0.4, 0.5) is 0 Å². The van der Waals surface area contributed by atoms with E-state index in [2.05, 4.69) is 15.6 Å². The minimum absolute atomic E-state index is 0.222. The van der Waals surface area contributed by atoms with Crippen LogP contribution in [0.5, 0.6) is 0 Å². The first-order valence-electron chi connectivity index (χ1n) is 8.06. The zero-order valence-electron chi connectivity index (χ0n) is 12.9. The largest absolute Gasteiger partial charge is 0.356 e. The minimum atomic E-state index is 0.222. The van der Waals surface area contributed by atoms with Crippen molar-refractivity contribution in [3.05, 3.63) is 15.6 Å². The van der Waals surface area contributed by atoms with Crippen molar-refractivity contribution in [1.82, 2.24) is 15.6 Å². The van der Waals surface area contributed by atoms with Crippen LogP contribution in [0.2, 0.25) is 0 Å². The van der Waals surface area contributed by atoms with E-state index in [0.717, 1.165) is 23.7 Å². The molecule has 0 spiro atoms. The Morgan fingerprint density at radius 2 is 2.05 bits per heavy atom. The summed E-state index contributed by atoms with van der Waals surface area (Å²) < 4.78 is 0. The normalized spacial score (nSPS) is 27.8. The van der Waals surface area contributed by atoms with Gasteiger partial charge in [-0.25, -0.2) is 4.98 Å². The van der Waals surface area contributed by atoms with E-state index in [1.807, 2.05) is 13.8 Å². The van der Waals surface area contributed by atoms with Gasteiger partial charge in [0, 0.05) is 36.3 Å². The van der Waals surface area contributed by atoms with Gasteiger partial charge >= 0.3 is 0 Å². The first-order chi connectivity index (χ1) is 10.1. The second-order valence-corrected chi connectivity index (χ2v) is 7.81. The Labute approximate surface area is 130 Å². The number of thiazole rings is 1. The summed E-state index contributed by atoms with van der Waals surface area (Å²) in [6.07, 6.45) is 6.56. The standard InChI is InChI=1S/C16H25N3OS/c1-10-15(21-11(2)18-10)5-6-17-16(20)9-12-7-13-3-4-14(8-12)19-13/h12-14,19H,3-9H2,1-2H3,(H,17,20). The van der Waals surface area contributed by atoms with E-state index in [4.69, 9.17) is 0 Å². The number of piperidine rings is 1. The third-order valence-corrected chi connectivity index (χ3v) is 5.85. The summed E-state index contributed by atoms with van der Waals surface area (Å²) in [5.74, 6) is 0.802. The van der Waals surface area contributed by atoms with E-state index in [1.54, 1.807) is 11.3 Å². The van der Waals surface area contributed by atoms with Gasteiger partial charge in [0.2, 0.25) is 5.91 Å². The maximum absolute atomic E-state index is 12.1. The zero-order valence-corrected chi connectivity index (χ0v) is 13.8. The molecule has 2 bridgehead atoms. The molecule has 4 nitrogen and oxygen atoms in total. The van der Waals surface area contributed by atoms with Crippen molar-refractivity contribution in [1.29, 1.82) is 0 Å². The monoisotopic (exact) mass is 307 g/mol. The molecular weight excluding hydrogens is 282 g/mol. The van der Waals surface area contributed by atoms with Crippen molar-refractivity contribution in [3.8, 4) is 0 Å². The molecule has 2 atom stereocenters. The van der Waals surface area contributed by atoms with Gasteiger partial charge < -0.3 is 10.6 Å². The highest BCUT2D eigenvalue weighted by Crippen LogP contribution is 2.32. The summed E-state index contributed by atoms with van der Waals surface area (Å²) >= 11 is 1.74. The summed E-state index contributed by atoms with van der Waals surface area (Å²) in [5.41, 5.74) is 1.11. The van der Waals surface area contributed by atoms with E-state index in [0.29, 0.717) is 24.4 Å². The van der Waals surface area contributed by atoms with Gasteiger partial charge in [0.1, 0.15) is 0 Å². The van der Waals surface area contributed by atoms with Crippen LogP contribution < -0.4 is 10.6 Å². The van der Waals surface area contributed by atoms with Crippen molar-refractivity contribution in [2.24, 2.45) is 5.92 Å². The Morgan fingerprint density at radius 3 is 2.67 bits per heavy atom. The molecule has 0 aromatic carbocycles. The first-order valence-corrected chi connectivity index (χ1v) is 8.87. The Hall–Kier alpha value is -0.940. The summed E-state index contributed by atoms with van der Waals surface area (Å²) in [4.78, 5) is 17.8. The molecule has 2 N–H and O–H groups in total. The fraction of sp³-hybridized carbons (Fsp3) is 0.750. The van der Waals surface area contributed by atoms with E-state index in [9.17, 15) is 4.79 Å². The molecule has 1 amide bonds. The van der Waals surface area contributed by atoms with E-state index < -0.39 is 0 Å². The highest BCUT2D eigenvalue weighted by molar-refractivity contribution is 7.11. The Bertz CT molecular complexity index is 502. The molecule has 0 aliphatic carbocycles. The van der Waals surface area contributed by atoms with Crippen molar-refractivity contribution >= 4 is 17.2 Å². The number of carbonyl (C=O) groups is 1. The SMILES string of the molecule is Cc1nc(C)c(CCNC(=O)CC2CC3CCC(C2)N3)s1. The molecule has 2 fully saturated rings. The number of nitrogens with zero attached hydrogens (tertiary/aromatic N) is 1. The lowest BCUT2D eigenvalue weighted by Crippen LogP contribution is -2.39. The van der Waals surface area contributed by atoms with Crippen LogP contribution in [-0.4, -0.2) is 29.5 Å². The third kappa shape index (κ3) is 3.83. The van der Waals surface area contributed by atoms with Crippen molar-refractivity contribution in [2.45, 2.75) is 64.5 Å². The lowest BCUT2D eigenvalue weighted by atomic mass is 9.89. The number of rotatable bonds is 5. The van der Waals surface area contributed by atoms with E-state index in [-0.39, 0.29) is 5.91 Å². The summed E-state index contributed by atoms with van der Waals surface area (Å²) in [6.45, 7) is 4.82. The fourth-order valence-electron chi connectivity index (χ4n) is 3.80. The van der Waals surface area contributed by atoms with Crippen molar-refractivity contribution < 1.29 is 4.79 Å². The molecule has 2 unspecified atom stereocenters. The summed E-state index contributed by atoms with van der Waals surface area (Å²) in [6, 6.07) is 1.34. The van der Waals surface area contributed by atoms with Gasteiger partial charge in [-0.3, -0.25) is 4.79 Å². The van der Waals surface area contributed by atoms with Crippen LogP contribution in [-0.2, 0) is 11.2 Å². The van der Waals surface area contributed by atoms with Crippen LogP contribution >= 0.6 is 11.3 Å². The number of amides is 1. The maximum Gasteiger partial charge on any atom is 0.220 e. The maximum atomic E-state index is 12.1. The van der Waals surface area contributed by atoms with Crippen molar-refractivity contribution in [2.75, 3.05) is 6.54 Å². The van der Waals surface area contributed by atoms with Crippen LogP contribution in [0.1, 0.15) is 47.7 Å². The highest BCUT2D eigenvalue weighted by Gasteiger charge is 2.34. The molecule has 2 aliphatic heterocycles. The smallest absolute Gasteiger partial charge is 0.220 e. The summed E-state index contributed by atoms with van der Waals surface area (Å²) in [5, 5.41) is 7.82. The van der Waals surface area contributed by atoms with Gasteiger partial charge in [-0.05, 0) is 45.4 Å². The van der Waals surface area contributed by atoms with Gasteiger partial charge in [-0.1, -0.05) is 0 Å². The van der Waals surface area contributed by atoms with Crippen molar-refractivity contribution in [3.63, 3.8) is 0 Å². The highest BCUT2D eigenvalue weighted by atomic mass is 32.1. The fourth-order valence-corrected chi connectivity index (χ4v) is 4.73. The molecule has 1 aromatic heterocycles. The number of carbonyl (C=O) groups excluding carboxylic acids is 1. The van der Waals surface area contributed by atoms with Crippen LogP contribution in [0.3, 0.4) is 0 Å². The number of aryl methyl sites for hydroxylation is 2. The van der Waals surface area contributed by atoms with Gasteiger partial charge in [0.25, 0.3) is 0 Å². The molecule has 0 saturated carbocycles. The molecular formula is C16H25N3OS. The number of nitrogens with one attached hydrogen (secondary N) is 2. The molecule has 3 heterocycles. The van der Waals surface area contributed by atoms with Gasteiger partial charge in [0.05, 0.1) is 10.7 Å². The average molecular weight is 307 g/mol. The lowest BCUT2D eigenvalue weighted by Gasteiger charge is -2.28. The average Bonchev–Trinajstić information content (AvgIpc) is 2.92. The molecule has 1 aromatic rings. The third-order valence-electron chi connectivity index (χ3n) is 4.72. The number of aromatic nitrogens is 1. The first kappa shape index (κ1) is 15.0. The quantitative estimate of drug-likeness (QED) is 0.878. The van der Waals surface area contributed by atoms with Crippen LogP contribution in [0.25, 0.3) is 0 Å². The number of hydrogen-bond donors (Lipinski definition) is 2. The minimum Gasteiger partial charge on any atom is -0.356 e. The second-order valence-electron chi connectivity index (χ2n) is 6.52. The molecule has 116 valence electrons. The molecule has 3 rings (SSSR count). The van der Waals surface area contributed by atoms with Gasteiger partial charge in [-0.15, -0.1) is 11.3 Å². The van der Waals surface area contributed by atoms with Gasteiger partial charge in [0.15, 0.2) is 0 Å². The molecule has 0 radical (unpaired) electrons. The predicted octanol–water partition coefficient (Wildman–Crippen LogP) is 2.34. The number of hydrogen-bond acceptors (Lipinski definition) is 4. The topological polar surface area (TPSA) is 54.0 Å². The van der Waals surface area contributed by atoms with Crippen LogP contribution in [0.15, 0.2) is 0 Å². The molecule has 5 heteroatoms. The number of fused-ring (bicyclic) bond motifs is 2. The predicted molar refractivity (Wildman–Crippen MR) is 85.6 cm³/mol. The molecule has 21 heavy (non-hydrogen) atoms. The van der Waals surface area contributed by atoms with Crippen LogP contribution in [0, 0.1) is 19.8 Å².